The first-order valence-corrected chi connectivity index (χ1v) is 11.8. The molecular formula is C26H27N3OS. The Balaban J connectivity index is 1.30. The third-order valence-electron chi connectivity index (χ3n) is 6.21. The van der Waals surface area contributed by atoms with Crippen LogP contribution in [-0.4, -0.2) is 42.0 Å². The van der Waals surface area contributed by atoms with Crippen molar-refractivity contribution in [2.75, 3.05) is 25.0 Å². The first kappa shape index (κ1) is 20.2. The van der Waals surface area contributed by atoms with Crippen LogP contribution in [0.2, 0.25) is 0 Å². The molecule has 1 unspecified atom stereocenters. The standard InChI is InChI=1S/C26H27N3OS/c30-17-25-2-1-10-29(25)16-19-3-7-24(8-4-19)28-15-23-14-27-13-21-6-5-20(12-26(21)23)22-9-11-31-18-22/h3-9,11-13,15,18,25,28,30H,1-2,10,14,16-17H2. The summed E-state index contributed by atoms with van der Waals surface area (Å²) in [5, 5.41) is 17.3. The van der Waals surface area contributed by atoms with Crippen LogP contribution in [0, 0.1) is 0 Å². The van der Waals surface area contributed by atoms with Gasteiger partial charge in [0.1, 0.15) is 0 Å². The summed E-state index contributed by atoms with van der Waals surface area (Å²) >= 11 is 1.72. The molecular weight excluding hydrogens is 402 g/mol. The zero-order valence-corrected chi connectivity index (χ0v) is 18.3. The molecule has 0 radical (unpaired) electrons. The van der Waals surface area contributed by atoms with E-state index in [1.807, 2.05) is 6.21 Å². The molecule has 1 aromatic heterocycles. The molecule has 4 nitrogen and oxygen atoms in total. The monoisotopic (exact) mass is 429 g/mol. The number of aliphatic imine (C=N–C) groups is 1. The normalized spacial score (nSPS) is 19.6. The van der Waals surface area contributed by atoms with Crippen molar-refractivity contribution >= 4 is 28.8 Å². The zero-order valence-electron chi connectivity index (χ0n) is 17.5. The van der Waals surface area contributed by atoms with Crippen molar-refractivity contribution in [1.82, 2.24) is 4.90 Å². The van der Waals surface area contributed by atoms with Crippen LogP contribution < -0.4 is 5.32 Å². The van der Waals surface area contributed by atoms with E-state index in [1.165, 1.54) is 34.2 Å². The molecule has 0 amide bonds. The highest BCUT2D eigenvalue weighted by molar-refractivity contribution is 7.08. The number of nitrogens with one attached hydrogen (secondary N) is 1. The molecule has 1 atom stereocenters. The molecule has 0 spiro atoms. The van der Waals surface area contributed by atoms with Crippen molar-refractivity contribution in [3.8, 4) is 11.1 Å². The Labute approximate surface area is 187 Å². The number of benzene rings is 2. The van der Waals surface area contributed by atoms with Gasteiger partial charge in [-0.05, 0) is 87.8 Å². The largest absolute Gasteiger partial charge is 0.395 e. The van der Waals surface area contributed by atoms with Gasteiger partial charge in [-0.3, -0.25) is 9.89 Å². The Morgan fingerprint density at radius 1 is 1.13 bits per heavy atom. The third-order valence-corrected chi connectivity index (χ3v) is 6.89. The SMILES string of the molecule is OCC1CCCN1Cc1ccc(NC=C2CN=Cc3ccc(-c4ccsc4)cc32)cc1. The number of aliphatic hydroxyl groups excluding tert-OH is 1. The van der Waals surface area contributed by atoms with E-state index < -0.39 is 0 Å². The van der Waals surface area contributed by atoms with Crippen LogP contribution in [0.25, 0.3) is 16.7 Å². The summed E-state index contributed by atoms with van der Waals surface area (Å²) in [4.78, 5) is 6.92. The molecule has 31 heavy (non-hydrogen) atoms. The lowest BCUT2D eigenvalue weighted by Gasteiger charge is -2.22. The van der Waals surface area contributed by atoms with Crippen molar-refractivity contribution < 1.29 is 5.11 Å². The molecule has 5 rings (SSSR count). The molecule has 2 N–H and O–H groups in total. The number of likely N-dealkylation sites (tertiary alicyclic amines) is 1. The van der Waals surface area contributed by atoms with Gasteiger partial charge in [0.25, 0.3) is 0 Å². The molecule has 1 fully saturated rings. The van der Waals surface area contributed by atoms with E-state index >= 15 is 0 Å². The fourth-order valence-electron chi connectivity index (χ4n) is 4.43. The molecule has 0 bridgehead atoms. The highest BCUT2D eigenvalue weighted by Gasteiger charge is 2.23. The predicted molar refractivity (Wildman–Crippen MR) is 131 cm³/mol. The first-order valence-electron chi connectivity index (χ1n) is 10.9. The number of anilines is 1. The minimum absolute atomic E-state index is 0.255. The molecule has 3 aromatic rings. The minimum Gasteiger partial charge on any atom is -0.395 e. The van der Waals surface area contributed by atoms with Crippen LogP contribution in [0.5, 0.6) is 0 Å². The van der Waals surface area contributed by atoms with Crippen molar-refractivity contribution in [2.45, 2.75) is 25.4 Å². The lowest BCUT2D eigenvalue weighted by atomic mass is 9.94. The second-order valence-electron chi connectivity index (χ2n) is 8.24. The quantitative estimate of drug-likeness (QED) is 0.562. The van der Waals surface area contributed by atoms with Gasteiger partial charge < -0.3 is 10.4 Å². The Hall–Kier alpha value is -2.73. The molecule has 2 aliphatic rings. The van der Waals surface area contributed by atoms with E-state index in [2.05, 4.69) is 80.7 Å². The van der Waals surface area contributed by atoms with E-state index in [9.17, 15) is 5.11 Å². The Morgan fingerprint density at radius 3 is 2.84 bits per heavy atom. The summed E-state index contributed by atoms with van der Waals surface area (Å²) in [7, 11) is 0. The maximum atomic E-state index is 9.53. The van der Waals surface area contributed by atoms with E-state index in [4.69, 9.17) is 0 Å². The van der Waals surface area contributed by atoms with Gasteiger partial charge >= 0.3 is 0 Å². The van der Waals surface area contributed by atoms with Gasteiger partial charge in [-0.1, -0.05) is 24.3 Å². The fraction of sp³-hybridized carbons (Fsp3) is 0.269. The van der Waals surface area contributed by atoms with Crippen LogP contribution in [-0.2, 0) is 6.54 Å². The van der Waals surface area contributed by atoms with Crippen molar-refractivity contribution in [3.63, 3.8) is 0 Å². The van der Waals surface area contributed by atoms with Crippen LogP contribution in [0.3, 0.4) is 0 Å². The van der Waals surface area contributed by atoms with Crippen molar-refractivity contribution in [1.29, 1.82) is 0 Å². The molecule has 3 heterocycles. The van der Waals surface area contributed by atoms with E-state index in [-0.39, 0.29) is 6.61 Å². The molecule has 2 aliphatic heterocycles. The molecule has 1 saturated heterocycles. The summed E-state index contributed by atoms with van der Waals surface area (Å²) < 4.78 is 0. The Bertz CT molecular complexity index is 1090. The van der Waals surface area contributed by atoms with Crippen LogP contribution in [0.15, 0.2) is 70.5 Å². The number of hydrogen-bond donors (Lipinski definition) is 2. The van der Waals surface area contributed by atoms with Gasteiger partial charge in [0.15, 0.2) is 0 Å². The van der Waals surface area contributed by atoms with E-state index in [1.54, 1.807) is 11.3 Å². The summed E-state index contributed by atoms with van der Waals surface area (Å²) in [5.41, 5.74) is 8.47. The average molecular weight is 430 g/mol. The highest BCUT2D eigenvalue weighted by Crippen LogP contribution is 2.30. The smallest absolute Gasteiger partial charge is 0.0660 e. The molecule has 0 saturated carbocycles. The first-order chi connectivity index (χ1) is 15.3. The molecule has 158 valence electrons. The minimum atomic E-state index is 0.255. The lowest BCUT2D eigenvalue weighted by Crippen LogP contribution is -2.31. The zero-order chi connectivity index (χ0) is 21.0. The maximum absolute atomic E-state index is 9.53. The number of aliphatic hydroxyl groups is 1. The van der Waals surface area contributed by atoms with Gasteiger partial charge in [-0.2, -0.15) is 11.3 Å². The second kappa shape index (κ2) is 9.18. The van der Waals surface area contributed by atoms with Gasteiger partial charge in [0, 0.05) is 30.7 Å². The number of nitrogens with zero attached hydrogens (tertiary/aromatic N) is 2. The number of hydrogen-bond acceptors (Lipinski definition) is 5. The van der Waals surface area contributed by atoms with Crippen LogP contribution >= 0.6 is 11.3 Å². The summed E-state index contributed by atoms with van der Waals surface area (Å²) in [6.07, 6.45) is 6.33. The summed E-state index contributed by atoms with van der Waals surface area (Å²) in [5.74, 6) is 0. The molecule has 2 aromatic carbocycles. The predicted octanol–water partition coefficient (Wildman–Crippen LogP) is 5.26. The van der Waals surface area contributed by atoms with Gasteiger partial charge in [-0.15, -0.1) is 0 Å². The maximum Gasteiger partial charge on any atom is 0.0660 e. The van der Waals surface area contributed by atoms with E-state index in [0.29, 0.717) is 12.6 Å². The second-order valence-corrected chi connectivity index (χ2v) is 9.02. The fourth-order valence-corrected chi connectivity index (χ4v) is 5.09. The topological polar surface area (TPSA) is 47.9 Å². The highest BCUT2D eigenvalue weighted by atomic mass is 32.1. The lowest BCUT2D eigenvalue weighted by molar-refractivity contribution is 0.153. The average Bonchev–Trinajstić information content (AvgIpc) is 3.50. The summed E-state index contributed by atoms with van der Waals surface area (Å²) in [6, 6.07) is 17.7. The number of thiophene rings is 1. The third kappa shape index (κ3) is 4.49. The Kier molecular flexibility index (Phi) is 5.98. The summed E-state index contributed by atoms with van der Waals surface area (Å²) in [6.45, 7) is 2.92. The van der Waals surface area contributed by atoms with Gasteiger partial charge in [-0.25, -0.2) is 0 Å². The van der Waals surface area contributed by atoms with Crippen LogP contribution in [0.4, 0.5) is 5.69 Å². The molecule has 5 heteroatoms. The van der Waals surface area contributed by atoms with Crippen molar-refractivity contribution in [2.24, 2.45) is 4.99 Å². The number of fused-ring (bicyclic) bond motifs is 1. The van der Waals surface area contributed by atoms with Gasteiger partial charge in [0.05, 0.1) is 13.2 Å². The van der Waals surface area contributed by atoms with E-state index in [0.717, 1.165) is 30.8 Å². The Morgan fingerprint density at radius 2 is 2.03 bits per heavy atom. The molecule has 0 aliphatic carbocycles. The van der Waals surface area contributed by atoms with Gasteiger partial charge in [0.2, 0.25) is 0 Å². The van der Waals surface area contributed by atoms with Crippen LogP contribution in [0.1, 0.15) is 29.5 Å². The number of rotatable bonds is 6. The van der Waals surface area contributed by atoms with Crippen molar-refractivity contribution in [3.05, 3.63) is 82.2 Å².